The van der Waals surface area contributed by atoms with Crippen molar-refractivity contribution in [3.63, 3.8) is 0 Å². The Morgan fingerprint density at radius 1 is 1.04 bits per heavy atom. The summed E-state index contributed by atoms with van der Waals surface area (Å²) >= 11 is 0. The number of ketones is 1. The molecule has 0 saturated heterocycles. The summed E-state index contributed by atoms with van der Waals surface area (Å²) in [6.07, 6.45) is -2.99. The van der Waals surface area contributed by atoms with E-state index in [1.165, 1.54) is 12.3 Å². The molecule has 0 fully saturated rings. The number of carbonyl (C=O) groups is 2. The van der Waals surface area contributed by atoms with Gasteiger partial charge in [-0.3, -0.25) is 9.59 Å². The minimum atomic E-state index is -4.43. The van der Waals surface area contributed by atoms with Gasteiger partial charge in [0, 0.05) is 23.6 Å². The Kier molecular flexibility index (Phi) is 4.08. The van der Waals surface area contributed by atoms with E-state index in [0.29, 0.717) is 16.5 Å². The molecule has 1 heterocycles. The van der Waals surface area contributed by atoms with Gasteiger partial charge < -0.3 is 10.3 Å². The molecule has 0 aliphatic carbocycles. The molecule has 0 bridgehead atoms. The summed E-state index contributed by atoms with van der Waals surface area (Å²) in [6, 6.07) is 11.8. The van der Waals surface area contributed by atoms with Crippen LogP contribution in [0.1, 0.15) is 21.5 Å². The van der Waals surface area contributed by atoms with Crippen LogP contribution >= 0.6 is 0 Å². The molecule has 0 aliphatic heterocycles. The van der Waals surface area contributed by atoms with Gasteiger partial charge in [0.2, 0.25) is 0 Å². The summed E-state index contributed by atoms with van der Waals surface area (Å²) in [5.74, 6) is -1.92. The molecule has 3 rings (SSSR count). The van der Waals surface area contributed by atoms with Crippen molar-refractivity contribution in [1.82, 2.24) is 4.57 Å². The van der Waals surface area contributed by atoms with E-state index < -0.39 is 23.4 Å². The summed E-state index contributed by atoms with van der Waals surface area (Å²) in [4.78, 5) is 23.2. The fraction of sp³-hybridized carbons (Fsp3) is 0.111. The number of nitrogens with zero attached hydrogens (tertiary/aromatic N) is 1. The van der Waals surface area contributed by atoms with Gasteiger partial charge in [-0.2, -0.15) is 13.2 Å². The van der Waals surface area contributed by atoms with Crippen LogP contribution in [0.3, 0.4) is 0 Å². The summed E-state index contributed by atoms with van der Waals surface area (Å²) in [6.45, 7) is 0.122. The quantitative estimate of drug-likeness (QED) is 0.581. The smallest absolute Gasteiger partial charge is 0.363 e. The van der Waals surface area contributed by atoms with Crippen molar-refractivity contribution in [1.29, 1.82) is 0 Å². The Hall–Kier alpha value is -3.09. The Morgan fingerprint density at radius 2 is 1.76 bits per heavy atom. The fourth-order valence-corrected chi connectivity index (χ4v) is 2.73. The standard InChI is InChI=1S/C18H13F3N2O2/c19-18(20,21)12-5-3-4-11(8-12)9-23-10-14(16(24)17(22)25)13-6-1-2-7-15(13)23/h1-8,10H,9H2,(H2,22,25). The van der Waals surface area contributed by atoms with Crippen molar-refractivity contribution in [3.8, 4) is 0 Å². The molecule has 0 spiro atoms. The van der Waals surface area contributed by atoms with Crippen molar-refractivity contribution < 1.29 is 22.8 Å². The van der Waals surface area contributed by atoms with Crippen LogP contribution in [0.25, 0.3) is 10.9 Å². The van der Waals surface area contributed by atoms with E-state index in [4.69, 9.17) is 5.73 Å². The van der Waals surface area contributed by atoms with E-state index in [0.717, 1.165) is 12.1 Å². The largest absolute Gasteiger partial charge is 0.416 e. The highest BCUT2D eigenvalue weighted by Crippen LogP contribution is 2.30. The molecule has 128 valence electrons. The highest BCUT2D eigenvalue weighted by Gasteiger charge is 2.30. The minimum absolute atomic E-state index is 0.122. The third kappa shape index (κ3) is 3.26. The SMILES string of the molecule is NC(=O)C(=O)c1cn(Cc2cccc(C(F)(F)F)c2)c2ccccc12. The van der Waals surface area contributed by atoms with E-state index in [2.05, 4.69) is 0 Å². The van der Waals surface area contributed by atoms with Gasteiger partial charge >= 0.3 is 6.18 Å². The number of para-hydroxylation sites is 1. The van der Waals surface area contributed by atoms with Gasteiger partial charge in [-0.15, -0.1) is 0 Å². The van der Waals surface area contributed by atoms with Crippen LogP contribution in [0.5, 0.6) is 0 Å². The lowest BCUT2D eigenvalue weighted by atomic mass is 10.1. The molecule has 2 aromatic carbocycles. The second-order valence-corrected chi connectivity index (χ2v) is 5.58. The molecule has 1 aromatic heterocycles. The normalized spacial score (nSPS) is 11.6. The number of alkyl halides is 3. The van der Waals surface area contributed by atoms with E-state index in [-0.39, 0.29) is 12.1 Å². The van der Waals surface area contributed by atoms with Crippen LogP contribution in [0.4, 0.5) is 13.2 Å². The molecular weight excluding hydrogens is 333 g/mol. The van der Waals surface area contributed by atoms with Gasteiger partial charge in [0.1, 0.15) is 0 Å². The van der Waals surface area contributed by atoms with Crippen molar-refractivity contribution in [3.05, 3.63) is 71.4 Å². The van der Waals surface area contributed by atoms with E-state index in [1.54, 1.807) is 34.9 Å². The van der Waals surface area contributed by atoms with Gasteiger partial charge in [-0.25, -0.2) is 0 Å². The lowest BCUT2D eigenvalue weighted by Gasteiger charge is -2.10. The number of hydrogen-bond donors (Lipinski definition) is 1. The molecule has 1 amide bonds. The number of rotatable bonds is 4. The first-order chi connectivity index (χ1) is 11.8. The molecule has 0 unspecified atom stereocenters. The number of benzene rings is 2. The van der Waals surface area contributed by atoms with Crippen LogP contribution in [0.2, 0.25) is 0 Å². The molecule has 2 N–H and O–H groups in total. The third-order valence-electron chi connectivity index (χ3n) is 3.86. The highest BCUT2D eigenvalue weighted by atomic mass is 19.4. The monoisotopic (exact) mass is 346 g/mol. The molecule has 4 nitrogen and oxygen atoms in total. The van der Waals surface area contributed by atoms with E-state index >= 15 is 0 Å². The van der Waals surface area contributed by atoms with Gasteiger partial charge in [0.25, 0.3) is 11.7 Å². The van der Waals surface area contributed by atoms with Crippen molar-refractivity contribution >= 4 is 22.6 Å². The summed E-state index contributed by atoms with van der Waals surface area (Å²) < 4.78 is 40.2. The summed E-state index contributed by atoms with van der Waals surface area (Å²) in [5, 5.41) is 0.526. The molecule has 25 heavy (non-hydrogen) atoms. The number of halogens is 3. The van der Waals surface area contributed by atoms with Gasteiger partial charge in [0.05, 0.1) is 11.1 Å². The molecule has 0 atom stereocenters. The second kappa shape index (κ2) is 6.08. The lowest BCUT2D eigenvalue weighted by Crippen LogP contribution is -2.22. The van der Waals surface area contributed by atoms with Crippen LogP contribution < -0.4 is 5.73 Å². The van der Waals surface area contributed by atoms with Gasteiger partial charge in [-0.1, -0.05) is 30.3 Å². The topological polar surface area (TPSA) is 65.1 Å². The van der Waals surface area contributed by atoms with Crippen LogP contribution in [-0.2, 0) is 17.5 Å². The Bertz CT molecular complexity index is 974. The molecule has 0 aliphatic rings. The molecule has 0 saturated carbocycles. The number of primary amides is 1. The zero-order chi connectivity index (χ0) is 18.2. The van der Waals surface area contributed by atoms with Crippen molar-refractivity contribution in [2.24, 2.45) is 5.73 Å². The maximum atomic E-state index is 12.9. The lowest BCUT2D eigenvalue weighted by molar-refractivity contribution is -0.137. The minimum Gasteiger partial charge on any atom is -0.363 e. The fourth-order valence-electron chi connectivity index (χ4n) is 2.73. The Labute approximate surface area is 140 Å². The number of fused-ring (bicyclic) bond motifs is 1. The number of nitrogens with two attached hydrogens (primary N) is 1. The summed E-state index contributed by atoms with van der Waals surface area (Å²) in [7, 11) is 0. The Morgan fingerprint density at radius 3 is 2.44 bits per heavy atom. The van der Waals surface area contributed by atoms with Crippen LogP contribution in [0.15, 0.2) is 54.7 Å². The van der Waals surface area contributed by atoms with E-state index in [9.17, 15) is 22.8 Å². The van der Waals surface area contributed by atoms with Crippen molar-refractivity contribution in [2.75, 3.05) is 0 Å². The maximum absolute atomic E-state index is 12.9. The number of hydrogen-bond acceptors (Lipinski definition) is 2. The molecule has 7 heteroatoms. The third-order valence-corrected chi connectivity index (χ3v) is 3.86. The summed E-state index contributed by atoms with van der Waals surface area (Å²) in [5.41, 5.74) is 5.51. The second-order valence-electron chi connectivity index (χ2n) is 5.58. The zero-order valence-electron chi connectivity index (χ0n) is 12.9. The number of amides is 1. The van der Waals surface area contributed by atoms with Crippen LogP contribution in [-0.4, -0.2) is 16.3 Å². The Balaban J connectivity index is 2.06. The van der Waals surface area contributed by atoms with Gasteiger partial charge in [0.15, 0.2) is 0 Å². The number of Topliss-reactive ketones (excluding diaryl/α,β-unsaturated/α-hetero) is 1. The zero-order valence-corrected chi connectivity index (χ0v) is 12.9. The first-order valence-electron chi connectivity index (χ1n) is 7.35. The number of carbonyl (C=O) groups excluding carboxylic acids is 2. The number of aromatic nitrogens is 1. The first-order valence-corrected chi connectivity index (χ1v) is 7.35. The van der Waals surface area contributed by atoms with E-state index in [1.807, 2.05) is 0 Å². The predicted octanol–water partition coefficient (Wildman–Crippen LogP) is 3.38. The molecular formula is C18H13F3N2O2. The maximum Gasteiger partial charge on any atom is 0.416 e. The first kappa shape index (κ1) is 16.8. The highest BCUT2D eigenvalue weighted by molar-refractivity contribution is 6.44. The molecule has 0 radical (unpaired) electrons. The average Bonchev–Trinajstić information content (AvgIpc) is 2.92. The molecule has 3 aromatic rings. The van der Waals surface area contributed by atoms with Gasteiger partial charge in [-0.05, 0) is 23.8 Å². The van der Waals surface area contributed by atoms with Crippen LogP contribution in [0, 0.1) is 0 Å². The van der Waals surface area contributed by atoms with Crippen molar-refractivity contribution in [2.45, 2.75) is 12.7 Å². The average molecular weight is 346 g/mol. The predicted molar refractivity (Wildman–Crippen MR) is 86.0 cm³/mol.